The Kier molecular flexibility index (Phi) is 6.16. The van der Waals surface area contributed by atoms with Gasteiger partial charge in [0.1, 0.15) is 6.04 Å². The van der Waals surface area contributed by atoms with Gasteiger partial charge >= 0.3 is 12.0 Å². The van der Waals surface area contributed by atoms with Crippen LogP contribution in [0.1, 0.15) is 12.0 Å². The van der Waals surface area contributed by atoms with E-state index in [1.807, 2.05) is 24.3 Å². The Morgan fingerprint density at radius 1 is 1.38 bits per heavy atom. The number of amides is 3. The zero-order valence-corrected chi connectivity index (χ0v) is 13.0. The molecular weight excluding hydrogens is 342 g/mol. The highest BCUT2D eigenvalue weighted by Crippen LogP contribution is 2.17. The van der Waals surface area contributed by atoms with Crippen molar-refractivity contribution in [3.05, 3.63) is 34.3 Å². The molecule has 1 aromatic rings. The number of aliphatic carboxylic acids is 1. The van der Waals surface area contributed by atoms with E-state index in [0.717, 1.165) is 10.0 Å². The molecule has 0 aliphatic heterocycles. The van der Waals surface area contributed by atoms with E-state index in [1.54, 1.807) is 0 Å². The molecule has 0 aliphatic carbocycles. The van der Waals surface area contributed by atoms with Crippen LogP contribution in [0.5, 0.6) is 0 Å². The van der Waals surface area contributed by atoms with Gasteiger partial charge in [0.25, 0.3) is 0 Å². The number of nitrogens with two attached hydrogens (primary N) is 1. The van der Waals surface area contributed by atoms with Crippen molar-refractivity contribution in [2.24, 2.45) is 5.73 Å². The van der Waals surface area contributed by atoms with Crippen LogP contribution in [0.25, 0.3) is 0 Å². The van der Waals surface area contributed by atoms with E-state index < -0.39 is 30.4 Å². The van der Waals surface area contributed by atoms with Crippen LogP contribution >= 0.6 is 15.9 Å². The summed E-state index contributed by atoms with van der Waals surface area (Å²) in [5.74, 6) is -2.10. The number of primary amides is 1. The maximum atomic E-state index is 11.9. The van der Waals surface area contributed by atoms with E-state index in [0.29, 0.717) is 0 Å². The predicted octanol–water partition coefficient (Wildman–Crippen LogP) is 0.919. The molecule has 0 aromatic heterocycles. The number of carbonyl (C=O) groups excluding carboxylic acids is 2. The average Bonchev–Trinajstić information content (AvgIpc) is 2.39. The fourth-order valence-corrected chi connectivity index (χ4v) is 2.02. The maximum absolute atomic E-state index is 11.9. The summed E-state index contributed by atoms with van der Waals surface area (Å²) in [4.78, 5) is 35.0. The van der Waals surface area contributed by atoms with Gasteiger partial charge in [-0.15, -0.1) is 0 Å². The minimum absolute atomic E-state index is 0.288. The van der Waals surface area contributed by atoms with Gasteiger partial charge in [0.15, 0.2) is 0 Å². The van der Waals surface area contributed by atoms with Gasteiger partial charge in [-0.25, -0.2) is 9.59 Å². The molecule has 1 aromatic carbocycles. The molecule has 3 amide bonds. The largest absolute Gasteiger partial charge is 0.480 e. The Bertz CT molecular complexity index is 550. The smallest absolute Gasteiger partial charge is 0.326 e. The van der Waals surface area contributed by atoms with E-state index in [2.05, 4.69) is 21.2 Å². The quantitative estimate of drug-likeness (QED) is 0.702. The van der Waals surface area contributed by atoms with Crippen LogP contribution in [-0.2, 0) is 16.1 Å². The van der Waals surface area contributed by atoms with E-state index in [4.69, 9.17) is 10.8 Å². The van der Waals surface area contributed by atoms with Gasteiger partial charge in [-0.05, 0) is 11.6 Å². The molecule has 21 heavy (non-hydrogen) atoms. The van der Waals surface area contributed by atoms with E-state index in [-0.39, 0.29) is 6.54 Å². The highest BCUT2D eigenvalue weighted by atomic mass is 79.9. The topological polar surface area (TPSA) is 113 Å². The van der Waals surface area contributed by atoms with E-state index in [9.17, 15) is 14.4 Å². The lowest BCUT2D eigenvalue weighted by Gasteiger charge is -2.21. The summed E-state index contributed by atoms with van der Waals surface area (Å²) in [5, 5.41) is 11.2. The van der Waals surface area contributed by atoms with Crippen LogP contribution in [0.4, 0.5) is 4.79 Å². The molecule has 1 atom stereocenters. The van der Waals surface area contributed by atoms with E-state index >= 15 is 0 Å². The van der Waals surface area contributed by atoms with Crippen LogP contribution < -0.4 is 11.1 Å². The van der Waals surface area contributed by atoms with Gasteiger partial charge in [0.2, 0.25) is 5.91 Å². The number of carboxylic acids is 1. The highest BCUT2D eigenvalue weighted by molar-refractivity contribution is 9.10. The summed E-state index contributed by atoms with van der Waals surface area (Å²) in [6.45, 7) is 0.288. The number of carboxylic acid groups (broad SMARTS) is 1. The first kappa shape index (κ1) is 17.0. The minimum atomic E-state index is -1.34. The maximum Gasteiger partial charge on any atom is 0.326 e. The molecule has 8 heteroatoms. The zero-order chi connectivity index (χ0) is 16.0. The van der Waals surface area contributed by atoms with Crippen molar-refractivity contribution in [2.75, 3.05) is 7.05 Å². The third-order valence-electron chi connectivity index (χ3n) is 2.71. The number of halogens is 1. The van der Waals surface area contributed by atoms with Crippen molar-refractivity contribution >= 4 is 33.8 Å². The van der Waals surface area contributed by atoms with Crippen LogP contribution in [0.3, 0.4) is 0 Å². The molecular formula is C13H16BrN3O4. The Labute approximate surface area is 130 Å². The van der Waals surface area contributed by atoms with Gasteiger partial charge in [0.05, 0.1) is 6.42 Å². The number of nitrogens with one attached hydrogen (secondary N) is 1. The lowest BCUT2D eigenvalue weighted by Crippen LogP contribution is -2.48. The second-order valence-corrected chi connectivity index (χ2v) is 5.31. The number of rotatable bonds is 6. The molecule has 0 bridgehead atoms. The first-order chi connectivity index (χ1) is 9.81. The normalized spacial score (nSPS) is 11.5. The fourth-order valence-electron chi connectivity index (χ4n) is 1.61. The molecule has 0 saturated heterocycles. The standard InChI is InChI=1S/C13H16BrN3O4/c1-17(7-8-4-2-3-5-9(8)14)13(21)16-10(12(19)20)6-11(15)18/h2-5,10H,6-7H2,1H3,(H2,15,18)(H,16,21)(H,19,20)/t10-/m1/s1. The molecule has 0 fully saturated rings. The second-order valence-electron chi connectivity index (χ2n) is 4.46. The molecule has 0 spiro atoms. The summed E-state index contributed by atoms with van der Waals surface area (Å²) in [6.07, 6.45) is -0.454. The number of benzene rings is 1. The molecule has 114 valence electrons. The van der Waals surface area contributed by atoms with Crippen molar-refractivity contribution in [3.8, 4) is 0 Å². The number of hydrogen-bond acceptors (Lipinski definition) is 3. The summed E-state index contributed by atoms with van der Waals surface area (Å²) in [7, 11) is 1.53. The number of nitrogens with zero attached hydrogens (tertiary/aromatic N) is 1. The predicted molar refractivity (Wildman–Crippen MR) is 79.4 cm³/mol. The number of hydrogen-bond donors (Lipinski definition) is 3. The molecule has 7 nitrogen and oxygen atoms in total. The van der Waals surface area contributed by atoms with Gasteiger partial charge in [0, 0.05) is 18.1 Å². The average molecular weight is 358 g/mol. The van der Waals surface area contributed by atoms with Gasteiger partial charge < -0.3 is 21.1 Å². The van der Waals surface area contributed by atoms with Crippen LogP contribution in [0.15, 0.2) is 28.7 Å². The summed E-state index contributed by atoms with van der Waals surface area (Å²) < 4.78 is 0.844. The summed E-state index contributed by atoms with van der Waals surface area (Å²) in [6, 6.07) is 5.43. The van der Waals surface area contributed by atoms with Crippen molar-refractivity contribution in [2.45, 2.75) is 19.0 Å². The Balaban J connectivity index is 2.67. The van der Waals surface area contributed by atoms with Crippen LogP contribution in [0, 0.1) is 0 Å². The first-order valence-electron chi connectivity index (χ1n) is 6.07. The van der Waals surface area contributed by atoms with Gasteiger partial charge in [-0.2, -0.15) is 0 Å². The van der Waals surface area contributed by atoms with Crippen molar-refractivity contribution in [1.82, 2.24) is 10.2 Å². The summed E-state index contributed by atoms with van der Waals surface area (Å²) >= 11 is 3.37. The zero-order valence-electron chi connectivity index (χ0n) is 11.4. The second kappa shape index (κ2) is 7.63. The Morgan fingerprint density at radius 3 is 2.52 bits per heavy atom. The van der Waals surface area contributed by atoms with Crippen LogP contribution in [0.2, 0.25) is 0 Å². The SMILES string of the molecule is CN(Cc1ccccc1Br)C(=O)N[C@H](CC(N)=O)C(=O)O. The fraction of sp³-hybridized carbons (Fsp3) is 0.308. The summed E-state index contributed by atoms with van der Waals surface area (Å²) in [5.41, 5.74) is 5.83. The van der Waals surface area contributed by atoms with Gasteiger partial charge in [-0.1, -0.05) is 34.1 Å². The Morgan fingerprint density at radius 2 is 2.00 bits per heavy atom. The third-order valence-corrected chi connectivity index (χ3v) is 3.49. The van der Waals surface area contributed by atoms with Crippen molar-refractivity contribution < 1.29 is 19.5 Å². The molecule has 0 aliphatic rings. The lowest BCUT2D eigenvalue weighted by molar-refractivity contribution is -0.140. The van der Waals surface area contributed by atoms with Crippen molar-refractivity contribution in [1.29, 1.82) is 0 Å². The Hall–Kier alpha value is -2.09. The molecule has 0 unspecified atom stereocenters. The first-order valence-corrected chi connectivity index (χ1v) is 6.86. The number of carbonyl (C=O) groups is 3. The molecule has 1 rings (SSSR count). The van der Waals surface area contributed by atoms with Crippen molar-refractivity contribution in [3.63, 3.8) is 0 Å². The monoisotopic (exact) mass is 357 g/mol. The van der Waals surface area contributed by atoms with E-state index in [1.165, 1.54) is 11.9 Å². The molecule has 0 radical (unpaired) electrons. The van der Waals surface area contributed by atoms with Gasteiger partial charge in [-0.3, -0.25) is 4.79 Å². The number of urea groups is 1. The molecule has 4 N–H and O–H groups in total. The lowest BCUT2D eigenvalue weighted by atomic mass is 10.2. The molecule has 0 heterocycles. The van der Waals surface area contributed by atoms with Crippen LogP contribution in [-0.4, -0.2) is 41.0 Å². The minimum Gasteiger partial charge on any atom is -0.480 e. The molecule has 0 saturated carbocycles. The highest BCUT2D eigenvalue weighted by Gasteiger charge is 2.23. The third kappa shape index (κ3) is 5.42.